The van der Waals surface area contributed by atoms with Gasteiger partial charge >= 0.3 is 0 Å². The van der Waals surface area contributed by atoms with Crippen LogP contribution in [0.25, 0.3) is 106 Å². The van der Waals surface area contributed by atoms with Gasteiger partial charge in [0.1, 0.15) is 11.6 Å². The lowest BCUT2D eigenvalue weighted by Gasteiger charge is -2.26. The topological polar surface area (TPSA) is 50.9 Å². The lowest BCUT2D eigenvalue weighted by Crippen LogP contribution is -2.13. The molecule has 0 fully saturated rings. The molecule has 11 rings (SSSR count). The fourth-order valence-electron chi connectivity index (χ4n) is 10.5. The van der Waals surface area contributed by atoms with E-state index in [0.717, 1.165) is 83.6 Å². The van der Waals surface area contributed by atoms with Crippen LogP contribution in [0.3, 0.4) is 0 Å². The molecule has 4 nitrogen and oxygen atoms in total. The summed E-state index contributed by atoms with van der Waals surface area (Å²) in [5, 5.41) is 12.2. The molecule has 0 atom stereocenters. The van der Waals surface area contributed by atoms with E-state index in [1.165, 1.54) is 33.4 Å². The van der Waals surface area contributed by atoms with E-state index in [0.29, 0.717) is 11.4 Å². The van der Waals surface area contributed by atoms with Crippen molar-refractivity contribution in [3.63, 3.8) is 0 Å². The summed E-state index contributed by atoms with van der Waals surface area (Å²) >= 11 is 0. The molecule has 2 heterocycles. The van der Waals surface area contributed by atoms with Crippen molar-refractivity contribution in [2.24, 2.45) is 0 Å². The van der Waals surface area contributed by atoms with Gasteiger partial charge in [-0.05, 0) is 163 Å². The first-order valence-electron chi connectivity index (χ1n) is 25.7. The number of hydrogen-bond acceptors (Lipinski definition) is 3. The zero-order chi connectivity index (χ0) is 51.3. The van der Waals surface area contributed by atoms with Crippen molar-refractivity contribution in [1.82, 2.24) is 14.5 Å². The highest BCUT2D eigenvalue weighted by Gasteiger charge is 2.27. The molecule has 0 aliphatic heterocycles. The lowest BCUT2D eigenvalue weighted by atomic mass is 9.78. The molecule has 0 aliphatic rings. The number of para-hydroxylation sites is 1. The predicted molar refractivity (Wildman–Crippen MR) is 311 cm³/mol. The van der Waals surface area contributed by atoms with Gasteiger partial charge in [0, 0.05) is 17.3 Å². The lowest BCUT2D eigenvalue weighted by molar-refractivity contribution is 0.471. The van der Waals surface area contributed by atoms with Gasteiger partial charge in [0.25, 0.3) is 0 Å². The third-order valence-electron chi connectivity index (χ3n) is 14.5. The van der Waals surface area contributed by atoms with Crippen LogP contribution in [-0.2, 0) is 10.8 Å². The fourth-order valence-corrected chi connectivity index (χ4v) is 10.5. The van der Waals surface area contributed by atoms with Crippen LogP contribution in [0.15, 0.2) is 219 Å². The Morgan fingerprint density at radius 3 is 1.62 bits per heavy atom. The summed E-state index contributed by atoms with van der Waals surface area (Å²) in [6.07, 6.45) is 1.91. The molecule has 0 amide bonds. The van der Waals surface area contributed by atoms with Gasteiger partial charge < -0.3 is 5.11 Å². The Bertz CT molecular complexity index is 3860. The molecule has 0 unspecified atom stereocenters. The SMILES string of the molecule is Cc1cc(-c2c(-c3ccccc3)cccc2C(C)(C)C)ccc1-n1c(-c2cc(C(C)(C)C)cc(C)c2O)nc2c(-c3cc(-c4ccccc4)cc(-c4cc(-c5ccc(-c6ccccc6)cc5)ccn4)c3)cccc21. The summed E-state index contributed by atoms with van der Waals surface area (Å²) in [6, 6.07) is 75.9. The first-order chi connectivity index (χ1) is 35.7. The standard InChI is InChI=1S/C70H61N3O/c1-45-38-53(65-58(51-24-16-11-17-25-51)26-18-28-61(65)70(6,7)8)34-35-63(45)73-64-29-19-27-59(66(64)72-68(73)60-44-57(69(3,4)5)39-46(2)67(60)74)55-40-54(48-22-14-10-15-23-48)41-56(42-55)62-43-52(36-37-71-62)50-32-30-49(31-33-50)47-20-12-9-13-21-47/h9-44,74H,1-8H3. The second kappa shape index (κ2) is 19.1. The van der Waals surface area contributed by atoms with Gasteiger partial charge in [-0.25, -0.2) is 4.98 Å². The van der Waals surface area contributed by atoms with E-state index in [2.05, 4.69) is 259 Å². The van der Waals surface area contributed by atoms with Crippen LogP contribution >= 0.6 is 0 Å². The van der Waals surface area contributed by atoms with Crippen molar-refractivity contribution in [2.75, 3.05) is 0 Å². The Kier molecular flexibility index (Phi) is 12.3. The Balaban J connectivity index is 1.11. The zero-order valence-electron chi connectivity index (χ0n) is 43.6. The predicted octanol–water partition coefficient (Wildman–Crippen LogP) is 18.7. The van der Waals surface area contributed by atoms with Crippen molar-refractivity contribution in [3.8, 4) is 101 Å². The average Bonchev–Trinajstić information content (AvgIpc) is 3.83. The van der Waals surface area contributed by atoms with E-state index in [1.54, 1.807) is 0 Å². The molecule has 0 radical (unpaired) electrons. The minimum atomic E-state index is -0.172. The molecule has 2 aromatic heterocycles. The van der Waals surface area contributed by atoms with Crippen molar-refractivity contribution < 1.29 is 5.11 Å². The van der Waals surface area contributed by atoms with E-state index in [4.69, 9.17) is 9.97 Å². The van der Waals surface area contributed by atoms with Gasteiger partial charge in [0.05, 0.1) is 28.0 Å². The van der Waals surface area contributed by atoms with Gasteiger partial charge in [-0.1, -0.05) is 199 Å². The summed E-state index contributed by atoms with van der Waals surface area (Å²) in [6.45, 7) is 17.7. The highest BCUT2D eigenvalue weighted by Crippen LogP contribution is 2.45. The summed E-state index contributed by atoms with van der Waals surface area (Å²) in [7, 11) is 0. The molecule has 0 saturated carbocycles. The average molecular weight is 960 g/mol. The molecule has 362 valence electrons. The number of phenols is 1. The molecule has 0 spiro atoms. The number of fused-ring (bicyclic) bond motifs is 1. The minimum Gasteiger partial charge on any atom is -0.507 e. The van der Waals surface area contributed by atoms with E-state index in [1.807, 2.05) is 19.2 Å². The number of aromatic nitrogens is 3. The quantitative estimate of drug-likeness (QED) is 0.157. The number of nitrogens with zero attached hydrogens (tertiary/aromatic N) is 3. The van der Waals surface area contributed by atoms with Gasteiger partial charge in [0.15, 0.2) is 0 Å². The molecular weight excluding hydrogens is 899 g/mol. The molecule has 0 bridgehead atoms. The maximum atomic E-state index is 12.2. The smallest absolute Gasteiger partial charge is 0.149 e. The van der Waals surface area contributed by atoms with E-state index < -0.39 is 0 Å². The number of aromatic hydroxyl groups is 1. The summed E-state index contributed by atoms with van der Waals surface area (Å²) in [4.78, 5) is 10.7. The highest BCUT2D eigenvalue weighted by molar-refractivity contribution is 5.98. The Hall–Kier alpha value is -8.60. The van der Waals surface area contributed by atoms with Gasteiger partial charge in [0.2, 0.25) is 0 Å². The third-order valence-corrected chi connectivity index (χ3v) is 14.5. The maximum Gasteiger partial charge on any atom is 0.149 e. The number of aryl methyl sites for hydroxylation is 2. The Morgan fingerprint density at radius 1 is 0.405 bits per heavy atom. The number of benzene rings is 9. The number of phenolic OH excluding ortho intramolecular Hbond substituents is 1. The van der Waals surface area contributed by atoms with Gasteiger partial charge in [-0.15, -0.1) is 0 Å². The van der Waals surface area contributed by atoms with Crippen molar-refractivity contribution >= 4 is 11.0 Å². The number of hydrogen-bond donors (Lipinski definition) is 1. The number of pyridine rings is 1. The van der Waals surface area contributed by atoms with Crippen LogP contribution in [0.5, 0.6) is 5.75 Å². The normalized spacial score (nSPS) is 11.8. The fraction of sp³-hybridized carbons (Fsp3) is 0.143. The molecule has 4 heteroatoms. The second-order valence-electron chi connectivity index (χ2n) is 21.8. The van der Waals surface area contributed by atoms with Gasteiger partial charge in [-0.2, -0.15) is 0 Å². The van der Waals surface area contributed by atoms with Crippen molar-refractivity contribution in [3.05, 3.63) is 241 Å². The van der Waals surface area contributed by atoms with Crippen LogP contribution in [-0.4, -0.2) is 19.6 Å². The van der Waals surface area contributed by atoms with Crippen LogP contribution in [0, 0.1) is 13.8 Å². The molecule has 11 aromatic rings. The molecule has 0 saturated heterocycles. The second-order valence-corrected chi connectivity index (χ2v) is 21.8. The Morgan fingerprint density at radius 2 is 0.973 bits per heavy atom. The summed E-state index contributed by atoms with van der Waals surface area (Å²) in [5.41, 5.74) is 23.0. The highest BCUT2D eigenvalue weighted by atomic mass is 16.3. The Labute approximate surface area is 436 Å². The van der Waals surface area contributed by atoms with Crippen LogP contribution in [0.4, 0.5) is 0 Å². The molecule has 0 aliphatic carbocycles. The third kappa shape index (κ3) is 9.13. The van der Waals surface area contributed by atoms with Crippen molar-refractivity contribution in [2.45, 2.75) is 66.2 Å². The largest absolute Gasteiger partial charge is 0.507 e. The minimum absolute atomic E-state index is 0.101. The summed E-state index contributed by atoms with van der Waals surface area (Å²) < 4.78 is 2.27. The number of rotatable bonds is 9. The van der Waals surface area contributed by atoms with Crippen LogP contribution < -0.4 is 0 Å². The van der Waals surface area contributed by atoms with E-state index in [9.17, 15) is 5.11 Å². The number of imidazole rings is 1. The summed E-state index contributed by atoms with van der Waals surface area (Å²) in [5.74, 6) is 0.910. The monoisotopic (exact) mass is 959 g/mol. The van der Waals surface area contributed by atoms with E-state index >= 15 is 0 Å². The molecule has 74 heavy (non-hydrogen) atoms. The van der Waals surface area contributed by atoms with Crippen LogP contribution in [0.1, 0.15) is 63.8 Å². The molecule has 1 N–H and O–H groups in total. The first-order valence-corrected chi connectivity index (χ1v) is 25.7. The van der Waals surface area contributed by atoms with Crippen molar-refractivity contribution in [1.29, 1.82) is 0 Å². The first kappa shape index (κ1) is 47.7. The molecular formula is C70H61N3O. The molecule has 9 aromatic carbocycles. The van der Waals surface area contributed by atoms with Gasteiger partial charge in [-0.3, -0.25) is 9.55 Å². The van der Waals surface area contributed by atoms with E-state index in [-0.39, 0.29) is 16.6 Å². The maximum absolute atomic E-state index is 12.2. The zero-order valence-corrected chi connectivity index (χ0v) is 43.6. The van der Waals surface area contributed by atoms with Crippen LogP contribution in [0.2, 0.25) is 0 Å².